The summed E-state index contributed by atoms with van der Waals surface area (Å²) in [7, 11) is -0.630. The molecule has 0 aliphatic carbocycles. The SMILES string of the molecule is CC1(C)CCNCCS1=O. The van der Waals surface area contributed by atoms with E-state index in [1.165, 1.54) is 0 Å². The Morgan fingerprint density at radius 2 is 2.10 bits per heavy atom. The largest absolute Gasteiger partial charge is 0.316 e. The average Bonchev–Trinajstić information content (AvgIpc) is 1.96. The van der Waals surface area contributed by atoms with Crippen LogP contribution in [0.25, 0.3) is 0 Å². The molecule has 1 fully saturated rings. The summed E-state index contributed by atoms with van der Waals surface area (Å²) in [5.41, 5.74) is 0. The molecule has 1 atom stereocenters. The number of rotatable bonds is 0. The van der Waals surface area contributed by atoms with E-state index in [1.54, 1.807) is 0 Å². The van der Waals surface area contributed by atoms with Gasteiger partial charge in [-0.3, -0.25) is 4.21 Å². The van der Waals surface area contributed by atoms with Gasteiger partial charge in [-0.25, -0.2) is 0 Å². The number of nitrogens with one attached hydrogen (secondary N) is 1. The van der Waals surface area contributed by atoms with E-state index in [0.29, 0.717) is 0 Å². The minimum absolute atomic E-state index is 0.0312. The summed E-state index contributed by atoms with van der Waals surface area (Å²) in [6.07, 6.45) is 1.03. The van der Waals surface area contributed by atoms with Crippen LogP contribution in [0.3, 0.4) is 0 Å². The Balaban J connectivity index is 2.61. The van der Waals surface area contributed by atoms with Crippen LogP contribution in [0.15, 0.2) is 0 Å². The van der Waals surface area contributed by atoms with Crippen LogP contribution in [0.2, 0.25) is 0 Å². The predicted molar refractivity (Wildman–Crippen MR) is 44.6 cm³/mol. The molecule has 3 heteroatoms. The van der Waals surface area contributed by atoms with Crippen LogP contribution in [0.4, 0.5) is 0 Å². The lowest BCUT2D eigenvalue weighted by atomic mass is 10.1. The van der Waals surface area contributed by atoms with Gasteiger partial charge >= 0.3 is 0 Å². The second-order valence-electron chi connectivity index (χ2n) is 3.31. The fourth-order valence-corrected chi connectivity index (χ4v) is 2.28. The zero-order chi connectivity index (χ0) is 7.61. The molecule has 0 saturated carbocycles. The smallest absolute Gasteiger partial charge is 0.0415 e. The van der Waals surface area contributed by atoms with Crippen LogP contribution >= 0.6 is 0 Å². The number of hydrogen-bond donors (Lipinski definition) is 1. The van der Waals surface area contributed by atoms with E-state index in [9.17, 15) is 4.21 Å². The third kappa shape index (κ3) is 1.80. The molecule has 1 rings (SSSR count). The highest BCUT2D eigenvalue weighted by Gasteiger charge is 2.26. The van der Waals surface area contributed by atoms with Crippen LogP contribution in [-0.2, 0) is 10.8 Å². The van der Waals surface area contributed by atoms with Gasteiger partial charge in [0.1, 0.15) is 0 Å². The molecule has 0 amide bonds. The summed E-state index contributed by atoms with van der Waals surface area (Å²) in [5, 5.41) is 3.24. The topological polar surface area (TPSA) is 29.1 Å². The van der Waals surface area contributed by atoms with Crippen LogP contribution in [0.5, 0.6) is 0 Å². The van der Waals surface area contributed by atoms with Crippen LogP contribution in [0.1, 0.15) is 20.3 Å². The molecular formula is C7H15NOS. The quantitative estimate of drug-likeness (QED) is 0.561. The van der Waals surface area contributed by atoms with E-state index in [4.69, 9.17) is 0 Å². The highest BCUT2D eigenvalue weighted by molar-refractivity contribution is 7.86. The maximum atomic E-state index is 11.4. The molecule has 0 aromatic heterocycles. The minimum atomic E-state index is -0.630. The third-order valence-corrected chi connectivity index (χ3v) is 4.00. The lowest BCUT2D eigenvalue weighted by Gasteiger charge is -2.19. The molecule has 0 bridgehead atoms. The molecule has 0 radical (unpaired) electrons. The Bertz CT molecular complexity index is 145. The van der Waals surface area contributed by atoms with Gasteiger partial charge in [0.15, 0.2) is 0 Å². The van der Waals surface area contributed by atoms with Gasteiger partial charge in [-0.15, -0.1) is 0 Å². The first-order valence-corrected chi connectivity index (χ1v) is 5.04. The Hall–Kier alpha value is 0.110. The monoisotopic (exact) mass is 161 g/mol. The average molecular weight is 161 g/mol. The Kier molecular flexibility index (Phi) is 2.47. The molecule has 1 aliphatic heterocycles. The second-order valence-corrected chi connectivity index (χ2v) is 5.51. The fraction of sp³-hybridized carbons (Fsp3) is 1.00. The van der Waals surface area contributed by atoms with E-state index >= 15 is 0 Å². The zero-order valence-corrected chi connectivity index (χ0v) is 7.46. The molecule has 60 valence electrons. The Morgan fingerprint density at radius 1 is 1.40 bits per heavy atom. The summed E-state index contributed by atoms with van der Waals surface area (Å²) < 4.78 is 11.4. The molecule has 1 aliphatic rings. The summed E-state index contributed by atoms with van der Waals surface area (Å²) in [6, 6.07) is 0. The van der Waals surface area contributed by atoms with Crippen LogP contribution in [-0.4, -0.2) is 27.8 Å². The van der Waals surface area contributed by atoms with Gasteiger partial charge in [-0.2, -0.15) is 0 Å². The first kappa shape index (κ1) is 8.21. The van der Waals surface area contributed by atoms with Crippen molar-refractivity contribution in [2.24, 2.45) is 0 Å². The molecule has 10 heavy (non-hydrogen) atoms. The molecule has 0 aromatic carbocycles. The van der Waals surface area contributed by atoms with E-state index in [2.05, 4.69) is 19.2 Å². The Labute approximate surface area is 64.8 Å². The molecular weight excluding hydrogens is 146 g/mol. The molecule has 0 aromatic rings. The molecule has 0 spiro atoms. The van der Waals surface area contributed by atoms with Gasteiger partial charge in [0.2, 0.25) is 0 Å². The first-order chi connectivity index (χ1) is 4.63. The third-order valence-electron chi connectivity index (χ3n) is 1.98. The molecule has 1 N–H and O–H groups in total. The van der Waals surface area contributed by atoms with Crippen LogP contribution < -0.4 is 5.32 Å². The summed E-state index contributed by atoms with van der Waals surface area (Å²) in [4.78, 5) is 0. The summed E-state index contributed by atoms with van der Waals surface area (Å²) in [6.45, 7) is 6.08. The van der Waals surface area contributed by atoms with Crippen molar-refractivity contribution in [1.29, 1.82) is 0 Å². The highest BCUT2D eigenvalue weighted by Crippen LogP contribution is 2.18. The Morgan fingerprint density at radius 3 is 2.80 bits per heavy atom. The lowest BCUT2D eigenvalue weighted by molar-refractivity contribution is 0.582. The van der Waals surface area contributed by atoms with Crippen molar-refractivity contribution in [3.63, 3.8) is 0 Å². The van der Waals surface area contributed by atoms with Gasteiger partial charge in [-0.05, 0) is 26.8 Å². The second kappa shape index (κ2) is 3.01. The van der Waals surface area contributed by atoms with E-state index in [1.807, 2.05) is 0 Å². The molecule has 1 saturated heterocycles. The van der Waals surface area contributed by atoms with E-state index < -0.39 is 10.8 Å². The van der Waals surface area contributed by atoms with E-state index in [-0.39, 0.29) is 4.75 Å². The number of hydrogen-bond acceptors (Lipinski definition) is 2. The molecule has 1 heterocycles. The van der Waals surface area contributed by atoms with Gasteiger partial charge in [0.25, 0.3) is 0 Å². The normalized spacial score (nSPS) is 33.2. The van der Waals surface area contributed by atoms with Gasteiger partial charge in [-0.1, -0.05) is 0 Å². The van der Waals surface area contributed by atoms with Crippen molar-refractivity contribution in [2.45, 2.75) is 25.0 Å². The zero-order valence-electron chi connectivity index (χ0n) is 6.64. The molecule has 1 unspecified atom stereocenters. The maximum Gasteiger partial charge on any atom is 0.0415 e. The van der Waals surface area contributed by atoms with Gasteiger partial charge < -0.3 is 5.32 Å². The standard InChI is InChI=1S/C7H15NOS/c1-7(2)3-4-8-5-6-10(7)9/h8H,3-6H2,1-2H3. The summed E-state index contributed by atoms with van der Waals surface area (Å²) in [5.74, 6) is 0.812. The van der Waals surface area contributed by atoms with Crippen LogP contribution in [0, 0.1) is 0 Å². The van der Waals surface area contributed by atoms with Crippen molar-refractivity contribution >= 4 is 10.8 Å². The molecule has 2 nitrogen and oxygen atoms in total. The van der Waals surface area contributed by atoms with Crippen molar-refractivity contribution in [2.75, 3.05) is 18.8 Å². The van der Waals surface area contributed by atoms with Crippen molar-refractivity contribution in [3.05, 3.63) is 0 Å². The lowest BCUT2D eigenvalue weighted by Crippen LogP contribution is -2.27. The fourth-order valence-electron chi connectivity index (χ4n) is 1.07. The van der Waals surface area contributed by atoms with Gasteiger partial charge in [0, 0.05) is 27.8 Å². The predicted octanol–water partition coefficient (Wildman–Crippen LogP) is 0.507. The highest BCUT2D eigenvalue weighted by atomic mass is 32.2. The van der Waals surface area contributed by atoms with Crippen molar-refractivity contribution in [1.82, 2.24) is 5.32 Å². The van der Waals surface area contributed by atoms with Gasteiger partial charge in [0.05, 0.1) is 0 Å². The van der Waals surface area contributed by atoms with Crippen molar-refractivity contribution in [3.8, 4) is 0 Å². The maximum absolute atomic E-state index is 11.4. The summed E-state index contributed by atoms with van der Waals surface area (Å²) >= 11 is 0. The van der Waals surface area contributed by atoms with Crippen molar-refractivity contribution < 1.29 is 4.21 Å². The minimum Gasteiger partial charge on any atom is -0.316 e. The van der Waals surface area contributed by atoms with E-state index in [0.717, 1.165) is 25.3 Å². The first-order valence-electron chi connectivity index (χ1n) is 3.72.